The molecule has 106 valence electrons. The van der Waals surface area contributed by atoms with Crippen molar-refractivity contribution in [2.45, 2.75) is 31.7 Å². The Kier molecular flexibility index (Phi) is 3.57. The van der Waals surface area contributed by atoms with Crippen LogP contribution in [0.4, 0.5) is 10.1 Å². The van der Waals surface area contributed by atoms with E-state index in [1.807, 2.05) is 0 Å². The van der Waals surface area contributed by atoms with Crippen molar-refractivity contribution in [3.63, 3.8) is 0 Å². The van der Waals surface area contributed by atoms with Gasteiger partial charge in [0.2, 0.25) is 5.91 Å². The van der Waals surface area contributed by atoms with Gasteiger partial charge in [-0.2, -0.15) is 0 Å². The van der Waals surface area contributed by atoms with Gasteiger partial charge >= 0.3 is 0 Å². The second-order valence-electron chi connectivity index (χ2n) is 5.66. The molecule has 1 N–H and O–H groups in total. The summed E-state index contributed by atoms with van der Waals surface area (Å²) in [7, 11) is 0. The first-order chi connectivity index (χ1) is 9.63. The van der Waals surface area contributed by atoms with Crippen LogP contribution in [-0.2, 0) is 11.2 Å². The molecule has 0 unspecified atom stereocenters. The summed E-state index contributed by atoms with van der Waals surface area (Å²) in [4.78, 5) is 13.8. The normalized spacial score (nSPS) is 18.1. The molecule has 1 aliphatic carbocycles. The number of carbonyl (C=O) groups is 1. The van der Waals surface area contributed by atoms with E-state index in [1.54, 1.807) is 11.0 Å². The Bertz CT molecular complexity index is 551. The number of benzene rings is 1. The van der Waals surface area contributed by atoms with E-state index >= 15 is 0 Å². The molecule has 1 saturated carbocycles. The molecule has 1 fully saturated rings. The molecule has 0 saturated heterocycles. The third-order valence-corrected chi connectivity index (χ3v) is 3.84. The number of halogens is 1. The Balaban J connectivity index is 1.71. The number of amides is 1. The van der Waals surface area contributed by atoms with E-state index in [-0.39, 0.29) is 11.7 Å². The maximum absolute atomic E-state index is 13.3. The summed E-state index contributed by atoms with van der Waals surface area (Å²) in [5, 5.41) is 3.40. The fraction of sp³-hybridized carbons (Fsp3) is 0.438. The van der Waals surface area contributed by atoms with Crippen molar-refractivity contribution < 1.29 is 9.18 Å². The molecule has 0 atom stereocenters. The lowest BCUT2D eigenvalue weighted by atomic mass is 10.0. The first kappa shape index (κ1) is 13.3. The summed E-state index contributed by atoms with van der Waals surface area (Å²) >= 11 is 0. The lowest BCUT2D eigenvalue weighted by Crippen LogP contribution is -2.38. The largest absolute Gasteiger partial charge is 0.310 e. The van der Waals surface area contributed by atoms with Crippen LogP contribution < -0.4 is 10.2 Å². The molecule has 4 heteroatoms. The van der Waals surface area contributed by atoms with Gasteiger partial charge in [-0.15, -0.1) is 0 Å². The van der Waals surface area contributed by atoms with Gasteiger partial charge in [0.1, 0.15) is 5.82 Å². The van der Waals surface area contributed by atoms with Crippen LogP contribution in [0.25, 0.3) is 0 Å². The Labute approximate surface area is 118 Å². The van der Waals surface area contributed by atoms with Gasteiger partial charge in [-0.3, -0.25) is 4.79 Å². The molecule has 0 radical (unpaired) electrons. The predicted octanol–water partition coefficient (Wildman–Crippen LogP) is 2.41. The van der Waals surface area contributed by atoms with Crippen LogP contribution in [0.3, 0.4) is 0 Å². The highest BCUT2D eigenvalue weighted by molar-refractivity contribution is 5.96. The first-order valence-corrected chi connectivity index (χ1v) is 7.12. The minimum absolute atomic E-state index is 0.0941. The Morgan fingerprint density at radius 2 is 2.20 bits per heavy atom. The highest BCUT2D eigenvalue weighted by Crippen LogP contribution is 2.29. The molecule has 2 aliphatic rings. The minimum atomic E-state index is -0.243. The summed E-state index contributed by atoms with van der Waals surface area (Å²) in [6.45, 7) is 5.30. The zero-order valence-corrected chi connectivity index (χ0v) is 11.5. The van der Waals surface area contributed by atoms with E-state index in [2.05, 4.69) is 11.9 Å². The van der Waals surface area contributed by atoms with Crippen molar-refractivity contribution in [1.82, 2.24) is 5.32 Å². The monoisotopic (exact) mass is 274 g/mol. The second kappa shape index (κ2) is 5.37. The maximum Gasteiger partial charge on any atom is 0.227 e. The number of nitrogens with zero attached hydrogens (tertiary/aromatic N) is 1. The lowest BCUT2D eigenvalue weighted by molar-refractivity contribution is -0.118. The van der Waals surface area contributed by atoms with Gasteiger partial charge in [0.15, 0.2) is 0 Å². The SMILES string of the molecule is C=C(CNC1CC1)CN1C(=O)CCc2cc(F)ccc21. The van der Waals surface area contributed by atoms with Crippen molar-refractivity contribution in [2.24, 2.45) is 0 Å². The fourth-order valence-corrected chi connectivity index (χ4v) is 2.56. The molecule has 0 aromatic heterocycles. The molecular weight excluding hydrogens is 255 g/mol. The number of carbonyl (C=O) groups excluding carboxylic acids is 1. The smallest absolute Gasteiger partial charge is 0.227 e. The van der Waals surface area contributed by atoms with Crippen LogP contribution in [-0.4, -0.2) is 25.0 Å². The molecule has 1 aromatic carbocycles. The molecule has 3 nitrogen and oxygen atoms in total. The van der Waals surface area contributed by atoms with Crippen LogP contribution >= 0.6 is 0 Å². The van der Waals surface area contributed by atoms with Crippen molar-refractivity contribution in [1.29, 1.82) is 0 Å². The molecule has 1 amide bonds. The lowest BCUT2D eigenvalue weighted by Gasteiger charge is -2.30. The number of rotatable bonds is 5. The molecule has 3 rings (SSSR count). The molecule has 0 spiro atoms. The zero-order valence-electron chi connectivity index (χ0n) is 11.5. The Hall–Kier alpha value is -1.68. The highest BCUT2D eigenvalue weighted by atomic mass is 19.1. The first-order valence-electron chi connectivity index (χ1n) is 7.12. The zero-order chi connectivity index (χ0) is 14.1. The molecular formula is C16H19FN2O. The average molecular weight is 274 g/mol. The van der Waals surface area contributed by atoms with Gasteiger partial charge in [0.25, 0.3) is 0 Å². The number of nitrogens with one attached hydrogen (secondary N) is 1. The quantitative estimate of drug-likeness (QED) is 0.836. The summed E-state index contributed by atoms with van der Waals surface area (Å²) in [6, 6.07) is 5.27. The van der Waals surface area contributed by atoms with E-state index in [0.717, 1.165) is 23.4 Å². The van der Waals surface area contributed by atoms with Gasteiger partial charge in [0, 0.05) is 31.2 Å². The van der Waals surface area contributed by atoms with Gasteiger partial charge < -0.3 is 10.2 Å². The summed E-state index contributed by atoms with van der Waals surface area (Å²) in [5.74, 6) is -0.149. The van der Waals surface area contributed by atoms with Crippen molar-refractivity contribution in [3.05, 3.63) is 41.7 Å². The number of hydrogen-bond acceptors (Lipinski definition) is 2. The van der Waals surface area contributed by atoms with Gasteiger partial charge in [-0.1, -0.05) is 6.58 Å². The van der Waals surface area contributed by atoms with Gasteiger partial charge in [0.05, 0.1) is 0 Å². The minimum Gasteiger partial charge on any atom is -0.310 e. The van der Waals surface area contributed by atoms with Gasteiger partial charge in [-0.25, -0.2) is 4.39 Å². The Morgan fingerprint density at radius 1 is 1.40 bits per heavy atom. The maximum atomic E-state index is 13.3. The van der Waals surface area contributed by atoms with E-state index in [0.29, 0.717) is 25.4 Å². The van der Waals surface area contributed by atoms with E-state index in [4.69, 9.17) is 0 Å². The second-order valence-corrected chi connectivity index (χ2v) is 5.66. The predicted molar refractivity (Wildman–Crippen MR) is 77.2 cm³/mol. The highest BCUT2D eigenvalue weighted by Gasteiger charge is 2.25. The third kappa shape index (κ3) is 2.90. The van der Waals surface area contributed by atoms with E-state index < -0.39 is 0 Å². The molecule has 1 aliphatic heterocycles. The average Bonchev–Trinajstić information content (AvgIpc) is 3.24. The summed E-state index contributed by atoms with van der Waals surface area (Å²) < 4.78 is 13.3. The van der Waals surface area contributed by atoms with Crippen LogP contribution in [0.2, 0.25) is 0 Å². The van der Waals surface area contributed by atoms with E-state index in [9.17, 15) is 9.18 Å². The van der Waals surface area contributed by atoms with Crippen molar-refractivity contribution in [3.8, 4) is 0 Å². The third-order valence-electron chi connectivity index (χ3n) is 3.84. The number of anilines is 1. The van der Waals surface area contributed by atoms with Crippen LogP contribution in [0, 0.1) is 5.82 Å². The number of fused-ring (bicyclic) bond motifs is 1. The summed E-state index contributed by atoms with van der Waals surface area (Å²) in [6.07, 6.45) is 3.53. The molecule has 1 aromatic rings. The van der Waals surface area contributed by atoms with Gasteiger partial charge in [-0.05, 0) is 48.6 Å². The number of hydrogen-bond donors (Lipinski definition) is 1. The van der Waals surface area contributed by atoms with Crippen molar-refractivity contribution in [2.75, 3.05) is 18.0 Å². The number of aryl methyl sites for hydroxylation is 1. The molecule has 0 bridgehead atoms. The standard InChI is InChI=1S/C16H19FN2O/c1-11(9-18-14-4-5-14)10-19-15-6-3-13(17)8-12(15)2-7-16(19)20/h3,6,8,14,18H,1-2,4-5,7,9-10H2. The topological polar surface area (TPSA) is 32.3 Å². The van der Waals surface area contributed by atoms with Crippen molar-refractivity contribution >= 4 is 11.6 Å². The van der Waals surface area contributed by atoms with Crippen LogP contribution in [0.5, 0.6) is 0 Å². The van der Waals surface area contributed by atoms with Crippen LogP contribution in [0.1, 0.15) is 24.8 Å². The molecule has 20 heavy (non-hydrogen) atoms. The summed E-state index contributed by atoms with van der Waals surface area (Å²) in [5.41, 5.74) is 2.73. The van der Waals surface area contributed by atoms with E-state index in [1.165, 1.54) is 25.0 Å². The van der Waals surface area contributed by atoms with Crippen LogP contribution in [0.15, 0.2) is 30.4 Å². The molecule has 1 heterocycles. The fourth-order valence-electron chi connectivity index (χ4n) is 2.56. The Morgan fingerprint density at radius 3 is 2.95 bits per heavy atom.